The number of rotatable bonds is 3. The zero-order valence-corrected chi connectivity index (χ0v) is 13.0. The van der Waals surface area contributed by atoms with Crippen molar-refractivity contribution in [2.45, 2.75) is 19.9 Å². The van der Waals surface area contributed by atoms with Gasteiger partial charge in [-0.05, 0) is 38.1 Å². The van der Waals surface area contributed by atoms with Gasteiger partial charge in [-0.2, -0.15) is 5.10 Å². The minimum absolute atomic E-state index is 0.0516. The van der Waals surface area contributed by atoms with Crippen LogP contribution in [-0.2, 0) is 4.79 Å². The van der Waals surface area contributed by atoms with Crippen molar-refractivity contribution in [1.82, 2.24) is 9.78 Å². The number of aromatic nitrogens is 2. The summed E-state index contributed by atoms with van der Waals surface area (Å²) in [6, 6.07) is 6.36. The number of halogens is 2. The molecule has 0 aliphatic carbocycles. The van der Waals surface area contributed by atoms with E-state index in [0.717, 1.165) is 4.68 Å². The number of aryl methyl sites for hydroxylation is 1. The average Bonchev–Trinajstić information content (AvgIpc) is 2.43. The van der Waals surface area contributed by atoms with Gasteiger partial charge in [-0.15, -0.1) is 0 Å². The molecule has 7 heteroatoms. The van der Waals surface area contributed by atoms with Crippen LogP contribution in [0.3, 0.4) is 0 Å². The summed E-state index contributed by atoms with van der Waals surface area (Å²) in [6.07, 6.45) is 0. The van der Waals surface area contributed by atoms with Crippen LogP contribution < -0.4 is 10.9 Å². The van der Waals surface area contributed by atoms with Crippen LogP contribution in [0.25, 0.3) is 0 Å². The van der Waals surface area contributed by atoms with E-state index in [1.165, 1.54) is 25.1 Å². The number of carbonyl (C=O) groups excluding carboxylic acids is 1. The second-order valence-electron chi connectivity index (χ2n) is 4.55. The molecular formula is C14H13BrFN3O2. The number of hydrogen-bond acceptors (Lipinski definition) is 3. The summed E-state index contributed by atoms with van der Waals surface area (Å²) in [5.74, 6) is -1.08. The molecule has 21 heavy (non-hydrogen) atoms. The van der Waals surface area contributed by atoms with Crippen LogP contribution in [-0.4, -0.2) is 15.7 Å². The highest BCUT2D eigenvalue weighted by Crippen LogP contribution is 2.20. The van der Waals surface area contributed by atoms with E-state index >= 15 is 0 Å². The maximum atomic E-state index is 13.7. The van der Waals surface area contributed by atoms with Gasteiger partial charge >= 0.3 is 0 Å². The van der Waals surface area contributed by atoms with E-state index in [1.54, 1.807) is 19.1 Å². The summed E-state index contributed by atoms with van der Waals surface area (Å²) < 4.78 is 15.3. The van der Waals surface area contributed by atoms with E-state index in [0.29, 0.717) is 10.2 Å². The summed E-state index contributed by atoms with van der Waals surface area (Å²) >= 11 is 3.14. The Balaban J connectivity index is 2.23. The Kier molecular flexibility index (Phi) is 4.52. The fourth-order valence-corrected chi connectivity index (χ4v) is 2.07. The van der Waals surface area contributed by atoms with Gasteiger partial charge in [0.05, 0.1) is 11.4 Å². The van der Waals surface area contributed by atoms with Crippen molar-refractivity contribution in [1.29, 1.82) is 0 Å². The average molecular weight is 354 g/mol. The molecule has 2 rings (SSSR count). The third-order valence-electron chi connectivity index (χ3n) is 2.89. The van der Waals surface area contributed by atoms with Crippen LogP contribution in [0.2, 0.25) is 0 Å². The standard InChI is InChI=1S/C14H13BrFN3O2/c1-8-3-6-13(20)19(18-8)9(2)14(21)17-12-5-4-10(15)7-11(12)16/h3-7,9H,1-2H3,(H,17,21). The number of nitrogens with one attached hydrogen (secondary N) is 1. The Bertz CT molecular complexity index is 745. The predicted molar refractivity (Wildman–Crippen MR) is 80.7 cm³/mol. The molecule has 1 aromatic heterocycles. The molecule has 0 fully saturated rings. The van der Waals surface area contributed by atoms with Gasteiger partial charge < -0.3 is 5.32 Å². The molecule has 110 valence electrons. The van der Waals surface area contributed by atoms with Crippen LogP contribution in [0.1, 0.15) is 18.7 Å². The highest BCUT2D eigenvalue weighted by Gasteiger charge is 2.18. The smallest absolute Gasteiger partial charge is 0.267 e. The second kappa shape index (κ2) is 6.17. The summed E-state index contributed by atoms with van der Waals surface area (Å²) in [6.45, 7) is 3.24. The molecule has 5 nitrogen and oxygen atoms in total. The third-order valence-corrected chi connectivity index (χ3v) is 3.39. The number of hydrogen-bond donors (Lipinski definition) is 1. The van der Waals surface area contributed by atoms with Gasteiger partial charge in [0.15, 0.2) is 0 Å². The summed E-state index contributed by atoms with van der Waals surface area (Å²) in [4.78, 5) is 23.8. The highest BCUT2D eigenvalue weighted by atomic mass is 79.9. The number of anilines is 1. The van der Waals surface area contributed by atoms with Gasteiger partial charge in [0.2, 0.25) is 5.91 Å². The van der Waals surface area contributed by atoms with Gasteiger partial charge in [0.1, 0.15) is 11.9 Å². The van der Waals surface area contributed by atoms with Crippen molar-refractivity contribution < 1.29 is 9.18 Å². The molecule has 1 atom stereocenters. The predicted octanol–water partition coefficient (Wildman–Crippen LogP) is 2.65. The van der Waals surface area contributed by atoms with E-state index in [9.17, 15) is 14.0 Å². The lowest BCUT2D eigenvalue weighted by Gasteiger charge is -2.14. The van der Waals surface area contributed by atoms with Gasteiger partial charge in [0, 0.05) is 10.5 Å². The SMILES string of the molecule is Cc1ccc(=O)n(C(C)C(=O)Nc2ccc(Br)cc2F)n1. The second-order valence-corrected chi connectivity index (χ2v) is 5.46. The fraction of sp³-hybridized carbons (Fsp3) is 0.214. The van der Waals surface area contributed by atoms with Crippen molar-refractivity contribution in [2.75, 3.05) is 5.32 Å². The number of benzene rings is 1. The number of nitrogens with zero attached hydrogens (tertiary/aromatic N) is 2. The lowest BCUT2D eigenvalue weighted by Crippen LogP contribution is -2.33. The zero-order chi connectivity index (χ0) is 15.6. The van der Waals surface area contributed by atoms with Gasteiger partial charge in [-0.1, -0.05) is 15.9 Å². The first-order valence-electron chi connectivity index (χ1n) is 6.21. The van der Waals surface area contributed by atoms with Crippen LogP contribution in [0, 0.1) is 12.7 Å². The van der Waals surface area contributed by atoms with E-state index in [1.807, 2.05) is 0 Å². The molecule has 1 unspecified atom stereocenters. The largest absolute Gasteiger partial charge is 0.322 e. The fourth-order valence-electron chi connectivity index (χ4n) is 1.74. The van der Waals surface area contributed by atoms with Crippen molar-refractivity contribution in [2.24, 2.45) is 0 Å². The van der Waals surface area contributed by atoms with Crippen LogP contribution in [0.5, 0.6) is 0 Å². The molecule has 0 aliphatic rings. The molecule has 1 N–H and O–H groups in total. The molecule has 0 saturated carbocycles. The topological polar surface area (TPSA) is 64.0 Å². The Morgan fingerprint density at radius 1 is 1.38 bits per heavy atom. The van der Waals surface area contributed by atoms with E-state index < -0.39 is 17.8 Å². The maximum absolute atomic E-state index is 13.7. The molecule has 0 bridgehead atoms. The van der Waals surface area contributed by atoms with Crippen LogP contribution >= 0.6 is 15.9 Å². The summed E-state index contributed by atoms with van der Waals surface area (Å²) in [7, 11) is 0. The van der Waals surface area contributed by atoms with Crippen molar-refractivity contribution in [3.8, 4) is 0 Å². The number of amides is 1. The molecule has 0 radical (unpaired) electrons. The first-order valence-corrected chi connectivity index (χ1v) is 7.00. The monoisotopic (exact) mass is 353 g/mol. The molecule has 2 aromatic rings. The molecule has 0 aliphatic heterocycles. The lowest BCUT2D eigenvalue weighted by molar-refractivity contribution is -0.119. The van der Waals surface area contributed by atoms with E-state index in [2.05, 4.69) is 26.3 Å². The quantitative estimate of drug-likeness (QED) is 0.922. The van der Waals surface area contributed by atoms with Crippen LogP contribution in [0.15, 0.2) is 39.6 Å². The normalized spacial score (nSPS) is 12.0. The molecule has 1 amide bonds. The van der Waals surface area contributed by atoms with Gasteiger partial charge in [0.25, 0.3) is 5.56 Å². The van der Waals surface area contributed by atoms with Gasteiger partial charge in [-0.25, -0.2) is 9.07 Å². The lowest BCUT2D eigenvalue weighted by atomic mass is 10.2. The van der Waals surface area contributed by atoms with Crippen molar-refractivity contribution >= 4 is 27.5 Å². The van der Waals surface area contributed by atoms with E-state index in [-0.39, 0.29) is 11.2 Å². The zero-order valence-electron chi connectivity index (χ0n) is 11.4. The summed E-state index contributed by atoms with van der Waals surface area (Å²) in [5, 5.41) is 6.46. The van der Waals surface area contributed by atoms with Crippen LogP contribution in [0.4, 0.5) is 10.1 Å². The number of carbonyl (C=O) groups is 1. The first kappa shape index (κ1) is 15.4. The van der Waals surface area contributed by atoms with Crippen molar-refractivity contribution in [3.63, 3.8) is 0 Å². The maximum Gasteiger partial charge on any atom is 0.267 e. The molecule has 0 saturated heterocycles. The molecule has 1 aromatic carbocycles. The Morgan fingerprint density at radius 2 is 2.10 bits per heavy atom. The molecule has 0 spiro atoms. The van der Waals surface area contributed by atoms with Gasteiger partial charge in [-0.3, -0.25) is 9.59 Å². The first-order chi connectivity index (χ1) is 9.88. The van der Waals surface area contributed by atoms with Crippen molar-refractivity contribution in [3.05, 3.63) is 56.7 Å². The Morgan fingerprint density at radius 3 is 2.76 bits per heavy atom. The Hall–Kier alpha value is -2.02. The van der Waals surface area contributed by atoms with E-state index in [4.69, 9.17) is 0 Å². The summed E-state index contributed by atoms with van der Waals surface area (Å²) in [5.41, 5.74) is 0.277. The minimum Gasteiger partial charge on any atom is -0.322 e. The third kappa shape index (κ3) is 3.55. The Labute approximate surface area is 128 Å². The minimum atomic E-state index is -0.847. The molecule has 1 heterocycles. The highest BCUT2D eigenvalue weighted by molar-refractivity contribution is 9.10. The molecular weight excluding hydrogens is 341 g/mol.